The van der Waals surface area contributed by atoms with Crippen molar-refractivity contribution in [3.8, 4) is 5.75 Å². The third-order valence-corrected chi connectivity index (χ3v) is 3.25. The number of benzene rings is 1. The van der Waals surface area contributed by atoms with Gasteiger partial charge >= 0.3 is 0 Å². The van der Waals surface area contributed by atoms with Gasteiger partial charge in [0.15, 0.2) is 0 Å². The van der Waals surface area contributed by atoms with Gasteiger partial charge in [-0.15, -0.1) is 0 Å². The first-order chi connectivity index (χ1) is 8.51. The van der Waals surface area contributed by atoms with Crippen molar-refractivity contribution >= 4 is 0 Å². The smallest absolute Gasteiger partial charge is 0.121 e. The van der Waals surface area contributed by atoms with Gasteiger partial charge in [-0.25, -0.2) is 0 Å². The molecule has 0 fully saturated rings. The van der Waals surface area contributed by atoms with Gasteiger partial charge in [-0.2, -0.15) is 0 Å². The SMILES string of the molecule is COc1ccc(C(C)(C)CNCCCO)cc1C. The molecule has 0 unspecified atom stereocenters. The molecule has 1 rings (SSSR count). The molecule has 2 N–H and O–H groups in total. The second-order valence-corrected chi connectivity index (χ2v) is 5.32. The zero-order valence-corrected chi connectivity index (χ0v) is 11.9. The molecule has 0 heterocycles. The monoisotopic (exact) mass is 251 g/mol. The van der Waals surface area contributed by atoms with Crippen LogP contribution in [-0.4, -0.2) is 31.9 Å². The standard InChI is InChI=1S/C15H25NO2/c1-12-10-13(6-7-14(12)18-4)15(2,3)11-16-8-5-9-17/h6-7,10,16-17H,5,8-9,11H2,1-4H3. The van der Waals surface area contributed by atoms with Crippen LogP contribution >= 0.6 is 0 Å². The van der Waals surface area contributed by atoms with Crippen LogP contribution in [0.15, 0.2) is 18.2 Å². The van der Waals surface area contributed by atoms with E-state index in [0.717, 1.165) is 25.3 Å². The Balaban J connectivity index is 2.69. The second kappa shape index (κ2) is 6.76. The van der Waals surface area contributed by atoms with Crippen molar-refractivity contribution in [2.45, 2.75) is 32.6 Å². The Labute approximate surface area is 110 Å². The molecule has 18 heavy (non-hydrogen) atoms. The molecule has 1 aromatic carbocycles. The van der Waals surface area contributed by atoms with Gasteiger partial charge in [0.25, 0.3) is 0 Å². The summed E-state index contributed by atoms with van der Waals surface area (Å²) in [5.41, 5.74) is 2.54. The third-order valence-electron chi connectivity index (χ3n) is 3.25. The predicted octanol–water partition coefficient (Wildman–Crippen LogP) is 2.25. The Bertz CT molecular complexity index is 375. The second-order valence-electron chi connectivity index (χ2n) is 5.32. The van der Waals surface area contributed by atoms with E-state index in [1.165, 1.54) is 11.1 Å². The number of aliphatic hydroxyl groups is 1. The van der Waals surface area contributed by atoms with E-state index in [1.807, 2.05) is 6.07 Å². The summed E-state index contributed by atoms with van der Waals surface area (Å²) in [6.45, 7) is 8.51. The van der Waals surface area contributed by atoms with Crippen LogP contribution in [0.25, 0.3) is 0 Å². The average Bonchev–Trinajstić information content (AvgIpc) is 2.34. The van der Waals surface area contributed by atoms with E-state index in [4.69, 9.17) is 9.84 Å². The molecule has 0 radical (unpaired) electrons. The van der Waals surface area contributed by atoms with E-state index in [0.29, 0.717) is 0 Å². The molecule has 3 heteroatoms. The number of rotatable bonds is 7. The maximum Gasteiger partial charge on any atom is 0.121 e. The number of hydrogen-bond acceptors (Lipinski definition) is 3. The Morgan fingerprint density at radius 1 is 1.33 bits per heavy atom. The van der Waals surface area contributed by atoms with Gasteiger partial charge in [-0.05, 0) is 37.1 Å². The van der Waals surface area contributed by atoms with Gasteiger partial charge in [0.05, 0.1) is 7.11 Å². The molecule has 0 bridgehead atoms. The van der Waals surface area contributed by atoms with Crippen LogP contribution in [0.3, 0.4) is 0 Å². The van der Waals surface area contributed by atoms with Crippen molar-refractivity contribution in [3.05, 3.63) is 29.3 Å². The highest BCUT2D eigenvalue weighted by Gasteiger charge is 2.20. The van der Waals surface area contributed by atoms with Crippen molar-refractivity contribution < 1.29 is 9.84 Å². The van der Waals surface area contributed by atoms with Crippen LogP contribution in [0, 0.1) is 6.92 Å². The fraction of sp³-hybridized carbons (Fsp3) is 0.600. The summed E-state index contributed by atoms with van der Waals surface area (Å²) in [6, 6.07) is 6.34. The molecular formula is C15H25NO2. The van der Waals surface area contributed by atoms with Gasteiger partial charge in [0.1, 0.15) is 5.75 Å². The Morgan fingerprint density at radius 2 is 2.06 bits per heavy atom. The number of methoxy groups -OCH3 is 1. The molecule has 102 valence electrons. The summed E-state index contributed by atoms with van der Waals surface area (Å²) in [7, 11) is 1.70. The number of ether oxygens (including phenoxy) is 1. The topological polar surface area (TPSA) is 41.5 Å². The summed E-state index contributed by atoms with van der Waals surface area (Å²) in [5, 5.41) is 12.1. The van der Waals surface area contributed by atoms with Crippen LogP contribution in [0.2, 0.25) is 0 Å². The van der Waals surface area contributed by atoms with Gasteiger partial charge in [-0.1, -0.05) is 26.0 Å². The maximum atomic E-state index is 8.75. The lowest BCUT2D eigenvalue weighted by molar-refractivity contribution is 0.284. The minimum atomic E-state index is 0.0759. The largest absolute Gasteiger partial charge is 0.496 e. The van der Waals surface area contributed by atoms with Crippen LogP contribution in [0.1, 0.15) is 31.4 Å². The Morgan fingerprint density at radius 3 is 2.61 bits per heavy atom. The molecule has 0 saturated heterocycles. The van der Waals surface area contributed by atoms with Gasteiger partial charge in [0.2, 0.25) is 0 Å². The van der Waals surface area contributed by atoms with Crippen LogP contribution in [0.5, 0.6) is 5.75 Å². The first kappa shape index (κ1) is 15.0. The molecule has 0 saturated carbocycles. The van der Waals surface area contributed by atoms with Crippen molar-refractivity contribution in [2.75, 3.05) is 26.8 Å². The Kier molecular flexibility index (Phi) is 5.63. The molecule has 0 amide bonds. The van der Waals surface area contributed by atoms with E-state index in [9.17, 15) is 0 Å². The van der Waals surface area contributed by atoms with E-state index < -0.39 is 0 Å². The zero-order chi connectivity index (χ0) is 13.6. The van der Waals surface area contributed by atoms with Crippen LogP contribution < -0.4 is 10.1 Å². The fourth-order valence-electron chi connectivity index (χ4n) is 2.01. The lowest BCUT2D eigenvalue weighted by atomic mass is 9.83. The average molecular weight is 251 g/mol. The molecule has 3 nitrogen and oxygen atoms in total. The quantitative estimate of drug-likeness (QED) is 0.730. The first-order valence-corrected chi connectivity index (χ1v) is 6.48. The highest BCUT2D eigenvalue weighted by atomic mass is 16.5. The van der Waals surface area contributed by atoms with E-state index in [2.05, 4.69) is 38.2 Å². The zero-order valence-electron chi connectivity index (χ0n) is 11.9. The van der Waals surface area contributed by atoms with E-state index in [1.54, 1.807) is 7.11 Å². The van der Waals surface area contributed by atoms with Crippen LogP contribution in [-0.2, 0) is 5.41 Å². The number of hydrogen-bond donors (Lipinski definition) is 2. The molecular weight excluding hydrogens is 226 g/mol. The summed E-state index contributed by atoms with van der Waals surface area (Å²) in [4.78, 5) is 0. The fourth-order valence-corrected chi connectivity index (χ4v) is 2.01. The van der Waals surface area contributed by atoms with E-state index in [-0.39, 0.29) is 12.0 Å². The molecule has 0 atom stereocenters. The normalized spacial score (nSPS) is 11.6. The lowest BCUT2D eigenvalue weighted by Crippen LogP contribution is -2.33. The van der Waals surface area contributed by atoms with Crippen molar-refractivity contribution in [2.24, 2.45) is 0 Å². The minimum Gasteiger partial charge on any atom is -0.496 e. The van der Waals surface area contributed by atoms with Crippen molar-refractivity contribution in [3.63, 3.8) is 0 Å². The summed E-state index contributed by atoms with van der Waals surface area (Å²) >= 11 is 0. The molecule has 0 spiro atoms. The highest BCUT2D eigenvalue weighted by molar-refractivity contribution is 5.39. The lowest BCUT2D eigenvalue weighted by Gasteiger charge is -2.26. The summed E-state index contributed by atoms with van der Waals surface area (Å²) in [5.74, 6) is 0.933. The van der Waals surface area contributed by atoms with Crippen molar-refractivity contribution in [1.29, 1.82) is 0 Å². The molecule has 1 aromatic rings. The van der Waals surface area contributed by atoms with Gasteiger partial charge < -0.3 is 15.2 Å². The molecule has 0 aromatic heterocycles. The number of nitrogens with one attached hydrogen (secondary N) is 1. The minimum absolute atomic E-state index is 0.0759. The van der Waals surface area contributed by atoms with Gasteiger partial charge in [-0.3, -0.25) is 0 Å². The highest BCUT2D eigenvalue weighted by Crippen LogP contribution is 2.27. The van der Waals surface area contributed by atoms with Crippen LogP contribution in [0.4, 0.5) is 0 Å². The first-order valence-electron chi connectivity index (χ1n) is 6.48. The maximum absolute atomic E-state index is 8.75. The number of aliphatic hydroxyl groups excluding tert-OH is 1. The summed E-state index contributed by atoms with van der Waals surface area (Å²) < 4.78 is 5.28. The summed E-state index contributed by atoms with van der Waals surface area (Å²) in [6.07, 6.45) is 0.803. The predicted molar refractivity (Wildman–Crippen MR) is 75.3 cm³/mol. The number of aryl methyl sites for hydroxylation is 1. The molecule has 0 aliphatic rings. The van der Waals surface area contributed by atoms with Crippen molar-refractivity contribution in [1.82, 2.24) is 5.32 Å². The van der Waals surface area contributed by atoms with E-state index >= 15 is 0 Å². The Hall–Kier alpha value is -1.06. The third kappa shape index (κ3) is 4.00. The molecule has 0 aliphatic heterocycles. The molecule has 0 aliphatic carbocycles. The van der Waals surface area contributed by atoms with Gasteiger partial charge in [0, 0.05) is 18.6 Å².